The summed E-state index contributed by atoms with van der Waals surface area (Å²) in [7, 11) is 3.49. The monoisotopic (exact) mass is 373 g/mol. The van der Waals surface area contributed by atoms with Gasteiger partial charge in [0.1, 0.15) is 0 Å². The van der Waals surface area contributed by atoms with Gasteiger partial charge >= 0.3 is 0 Å². The molecule has 0 aromatic carbocycles. The van der Waals surface area contributed by atoms with Crippen molar-refractivity contribution in [3.05, 3.63) is 32.8 Å². The Morgan fingerprint density at radius 1 is 1.52 bits per heavy atom. The molecule has 0 aliphatic carbocycles. The van der Waals surface area contributed by atoms with Crippen molar-refractivity contribution in [3.8, 4) is 0 Å². The molecule has 2 heterocycles. The quantitative estimate of drug-likeness (QED) is 0.826. The highest BCUT2D eigenvalue weighted by molar-refractivity contribution is 9.10. The Bertz CT molecular complexity index is 678. The fourth-order valence-corrected chi connectivity index (χ4v) is 2.68. The molecule has 2 aromatic rings. The minimum absolute atomic E-state index is 0.209. The van der Waals surface area contributed by atoms with Gasteiger partial charge in [0.2, 0.25) is 0 Å². The third-order valence-electron chi connectivity index (χ3n) is 3.39. The van der Waals surface area contributed by atoms with Crippen LogP contribution in [0.2, 0.25) is 5.02 Å². The van der Waals surface area contributed by atoms with Crippen LogP contribution in [-0.4, -0.2) is 37.4 Å². The van der Waals surface area contributed by atoms with E-state index < -0.39 is 0 Å². The van der Waals surface area contributed by atoms with E-state index in [-0.39, 0.29) is 11.6 Å². The highest BCUT2D eigenvalue weighted by atomic mass is 79.9. The molecule has 0 N–H and O–H groups in total. The first kappa shape index (κ1) is 16.0. The number of aromatic nitrogens is 4. The molecule has 2 aromatic heterocycles. The average Bonchev–Trinajstić information content (AvgIpc) is 2.93. The summed E-state index contributed by atoms with van der Waals surface area (Å²) >= 11 is 9.62. The van der Waals surface area contributed by atoms with Crippen molar-refractivity contribution in [2.24, 2.45) is 7.05 Å². The smallest absolute Gasteiger partial charge is 0.276 e. The summed E-state index contributed by atoms with van der Waals surface area (Å²) in [6, 6.07) is 0. The molecule has 2 rings (SSSR count). The van der Waals surface area contributed by atoms with Gasteiger partial charge in [-0.3, -0.25) is 14.2 Å². The van der Waals surface area contributed by atoms with Crippen LogP contribution in [0, 0.1) is 6.92 Å². The minimum atomic E-state index is -0.209. The normalized spacial score (nSPS) is 11.0. The summed E-state index contributed by atoms with van der Waals surface area (Å²) in [5.74, 6) is -0.209. The molecule has 0 aliphatic heterocycles. The first-order valence-electron chi connectivity index (χ1n) is 6.51. The average molecular weight is 375 g/mol. The molecule has 0 unspecified atom stereocenters. The van der Waals surface area contributed by atoms with Gasteiger partial charge in [-0.05, 0) is 29.8 Å². The molecule has 8 heteroatoms. The first-order chi connectivity index (χ1) is 9.86. The SMILES string of the molecule is CCn1ncc(Br)c1CN(C)C(=O)c1nn(C)c(C)c1Cl. The van der Waals surface area contributed by atoms with Crippen LogP contribution in [-0.2, 0) is 20.1 Å². The van der Waals surface area contributed by atoms with Crippen LogP contribution in [0.4, 0.5) is 0 Å². The summed E-state index contributed by atoms with van der Waals surface area (Å²) in [5.41, 5.74) is 1.99. The molecule has 0 fully saturated rings. The second-order valence-electron chi connectivity index (χ2n) is 4.79. The number of rotatable bonds is 4. The number of nitrogens with zero attached hydrogens (tertiary/aromatic N) is 5. The summed E-state index contributed by atoms with van der Waals surface area (Å²) in [6.07, 6.45) is 1.73. The molecule has 21 heavy (non-hydrogen) atoms. The molecule has 0 atom stereocenters. The Hall–Kier alpha value is -1.34. The van der Waals surface area contributed by atoms with E-state index in [1.54, 1.807) is 29.9 Å². The molecular formula is C13H17BrClN5O. The van der Waals surface area contributed by atoms with Gasteiger partial charge in [0.15, 0.2) is 5.69 Å². The lowest BCUT2D eigenvalue weighted by molar-refractivity contribution is 0.0775. The molecule has 114 valence electrons. The van der Waals surface area contributed by atoms with E-state index in [9.17, 15) is 4.79 Å². The van der Waals surface area contributed by atoms with Crippen LogP contribution in [0.1, 0.15) is 28.8 Å². The van der Waals surface area contributed by atoms with Crippen LogP contribution >= 0.6 is 27.5 Å². The lowest BCUT2D eigenvalue weighted by Gasteiger charge is -2.17. The van der Waals surface area contributed by atoms with Gasteiger partial charge in [-0.15, -0.1) is 0 Å². The molecule has 0 saturated heterocycles. The summed E-state index contributed by atoms with van der Waals surface area (Å²) in [6.45, 7) is 5.00. The Labute approximate surface area is 136 Å². The summed E-state index contributed by atoms with van der Waals surface area (Å²) in [4.78, 5) is 14.1. The van der Waals surface area contributed by atoms with Crippen LogP contribution in [0.5, 0.6) is 0 Å². The maximum Gasteiger partial charge on any atom is 0.276 e. The van der Waals surface area contributed by atoms with Gasteiger partial charge in [-0.2, -0.15) is 10.2 Å². The predicted octanol–water partition coefficient (Wildman–Crippen LogP) is 2.63. The van der Waals surface area contributed by atoms with E-state index in [0.717, 1.165) is 22.4 Å². The van der Waals surface area contributed by atoms with Crippen molar-refractivity contribution in [2.75, 3.05) is 7.05 Å². The molecule has 6 nitrogen and oxygen atoms in total. The highest BCUT2D eigenvalue weighted by Gasteiger charge is 2.23. The zero-order valence-electron chi connectivity index (χ0n) is 12.4. The highest BCUT2D eigenvalue weighted by Crippen LogP contribution is 2.22. The first-order valence-corrected chi connectivity index (χ1v) is 7.68. The Morgan fingerprint density at radius 2 is 2.19 bits per heavy atom. The minimum Gasteiger partial charge on any atom is -0.334 e. The van der Waals surface area contributed by atoms with Crippen molar-refractivity contribution in [3.63, 3.8) is 0 Å². The number of carbonyl (C=O) groups is 1. The lowest BCUT2D eigenvalue weighted by atomic mass is 10.3. The van der Waals surface area contributed by atoms with Crippen LogP contribution in [0.15, 0.2) is 10.7 Å². The Kier molecular flexibility index (Phi) is 4.73. The molecule has 0 spiro atoms. The number of halogens is 2. The Morgan fingerprint density at radius 3 is 2.71 bits per heavy atom. The van der Waals surface area contributed by atoms with Gasteiger partial charge in [0.25, 0.3) is 5.91 Å². The standard InChI is InChI=1S/C13H17BrClN5O/c1-5-20-10(9(14)6-16-20)7-18(3)13(21)12-11(15)8(2)19(4)17-12/h6H,5,7H2,1-4H3. The van der Waals surface area contributed by atoms with Gasteiger partial charge in [-0.1, -0.05) is 11.6 Å². The third-order valence-corrected chi connectivity index (χ3v) is 4.51. The van der Waals surface area contributed by atoms with Crippen molar-refractivity contribution in [1.82, 2.24) is 24.5 Å². The number of carbonyl (C=O) groups excluding carboxylic acids is 1. The molecule has 0 bridgehead atoms. The predicted molar refractivity (Wildman–Crippen MR) is 84.4 cm³/mol. The van der Waals surface area contributed by atoms with Crippen LogP contribution in [0.3, 0.4) is 0 Å². The number of hydrogen-bond acceptors (Lipinski definition) is 3. The molecule has 1 amide bonds. The van der Waals surface area contributed by atoms with Gasteiger partial charge in [-0.25, -0.2) is 0 Å². The van der Waals surface area contributed by atoms with Gasteiger partial charge < -0.3 is 4.90 Å². The van der Waals surface area contributed by atoms with E-state index in [1.165, 1.54) is 0 Å². The van der Waals surface area contributed by atoms with E-state index in [4.69, 9.17) is 11.6 Å². The maximum atomic E-state index is 12.5. The van der Waals surface area contributed by atoms with E-state index in [0.29, 0.717) is 11.6 Å². The van der Waals surface area contributed by atoms with Crippen molar-refractivity contribution < 1.29 is 4.79 Å². The second kappa shape index (κ2) is 6.19. The molecule has 0 aliphatic rings. The third kappa shape index (κ3) is 2.98. The summed E-state index contributed by atoms with van der Waals surface area (Å²) in [5, 5.41) is 8.83. The van der Waals surface area contributed by atoms with Crippen molar-refractivity contribution in [2.45, 2.75) is 26.9 Å². The molecule has 0 radical (unpaired) electrons. The number of aryl methyl sites for hydroxylation is 2. The summed E-state index contributed by atoms with van der Waals surface area (Å²) < 4.78 is 4.33. The molecule has 0 saturated carbocycles. The van der Waals surface area contributed by atoms with E-state index in [1.807, 2.05) is 18.5 Å². The number of amides is 1. The van der Waals surface area contributed by atoms with Crippen molar-refractivity contribution in [1.29, 1.82) is 0 Å². The molecular weight excluding hydrogens is 358 g/mol. The van der Waals surface area contributed by atoms with Gasteiger partial charge in [0, 0.05) is 20.6 Å². The maximum absolute atomic E-state index is 12.5. The number of hydrogen-bond donors (Lipinski definition) is 0. The van der Waals surface area contributed by atoms with Crippen LogP contribution in [0.25, 0.3) is 0 Å². The topological polar surface area (TPSA) is 56.0 Å². The second-order valence-corrected chi connectivity index (χ2v) is 6.02. The van der Waals surface area contributed by atoms with E-state index >= 15 is 0 Å². The fourth-order valence-electron chi connectivity index (χ4n) is 2.01. The zero-order chi connectivity index (χ0) is 15.7. The Balaban J connectivity index is 2.23. The van der Waals surface area contributed by atoms with Gasteiger partial charge in [0.05, 0.1) is 33.6 Å². The van der Waals surface area contributed by atoms with Crippen molar-refractivity contribution >= 4 is 33.4 Å². The van der Waals surface area contributed by atoms with Crippen LogP contribution < -0.4 is 0 Å². The lowest BCUT2D eigenvalue weighted by Crippen LogP contribution is -2.28. The fraction of sp³-hybridized carbons (Fsp3) is 0.462. The van der Waals surface area contributed by atoms with E-state index in [2.05, 4.69) is 26.1 Å². The zero-order valence-corrected chi connectivity index (χ0v) is 14.7. The largest absolute Gasteiger partial charge is 0.334 e.